The van der Waals surface area contributed by atoms with Crippen LogP contribution in [0.1, 0.15) is 71.0 Å². The van der Waals surface area contributed by atoms with Gasteiger partial charge in [-0.15, -0.1) is 0 Å². The van der Waals surface area contributed by atoms with E-state index in [4.69, 9.17) is 14.2 Å². The van der Waals surface area contributed by atoms with Gasteiger partial charge >= 0.3 is 6.09 Å². The number of para-hydroxylation sites is 1. The van der Waals surface area contributed by atoms with Crippen molar-refractivity contribution < 1.29 is 19.0 Å². The van der Waals surface area contributed by atoms with Gasteiger partial charge < -0.3 is 19.5 Å². The average Bonchev–Trinajstić information content (AvgIpc) is 2.73. The Balaban J connectivity index is 1.34. The maximum absolute atomic E-state index is 12.5. The van der Waals surface area contributed by atoms with Crippen LogP contribution in [0, 0.1) is 23.2 Å². The predicted molar refractivity (Wildman–Crippen MR) is 114 cm³/mol. The number of benzene rings is 1. The predicted octanol–water partition coefficient (Wildman–Crippen LogP) is 5.25. The Morgan fingerprint density at radius 2 is 1.97 bits per heavy atom. The lowest BCUT2D eigenvalue weighted by molar-refractivity contribution is -0.259. The summed E-state index contributed by atoms with van der Waals surface area (Å²) in [5.74, 6) is 1.88. The molecule has 1 aromatic rings. The zero-order chi connectivity index (χ0) is 20.9. The number of rotatable bonds is 3. The number of fused-ring (bicyclic) bond motifs is 3. The smallest absolute Gasteiger partial charge is 0.407 e. The summed E-state index contributed by atoms with van der Waals surface area (Å²) in [7, 11) is 0. The summed E-state index contributed by atoms with van der Waals surface area (Å²) in [6, 6.07) is 8.55. The quantitative estimate of drug-likeness (QED) is 0.736. The van der Waals surface area contributed by atoms with E-state index in [1.54, 1.807) is 0 Å². The second-order valence-electron chi connectivity index (χ2n) is 10.4. The van der Waals surface area contributed by atoms with Gasteiger partial charge in [0, 0.05) is 22.9 Å². The van der Waals surface area contributed by atoms with Crippen LogP contribution in [0.4, 0.5) is 4.79 Å². The minimum atomic E-state index is -0.267. The Kier molecular flexibility index (Phi) is 5.00. The van der Waals surface area contributed by atoms with Crippen molar-refractivity contribution in [3.63, 3.8) is 0 Å². The Bertz CT molecular complexity index is 806. The minimum absolute atomic E-state index is 0.0478. The van der Waals surface area contributed by atoms with E-state index < -0.39 is 0 Å². The summed E-state index contributed by atoms with van der Waals surface area (Å²) < 4.78 is 19.0. The molecule has 5 heteroatoms. The zero-order valence-electron chi connectivity index (χ0n) is 18.5. The number of ether oxygens (including phenoxy) is 3. The second-order valence-corrected chi connectivity index (χ2v) is 10.4. The van der Waals surface area contributed by atoms with Crippen LogP contribution in [-0.2, 0) is 9.47 Å². The first-order chi connectivity index (χ1) is 14.4. The highest BCUT2D eigenvalue weighted by molar-refractivity contribution is 5.67. The molecule has 1 amide bonds. The number of nitrogens with one attached hydrogen (secondary N) is 1. The van der Waals surface area contributed by atoms with Crippen molar-refractivity contribution in [1.29, 1.82) is 0 Å². The Labute approximate surface area is 179 Å². The van der Waals surface area contributed by atoms with Gasteiger partial charge in [-0.2, -0.15) is 0 Å². The fourth-order valence-corrected chi connectivity index (χ4v) is 6.91. The van der Waals surface area contributed by atoms with E-state index in [0.717, 1.165) is 30.6 Å². The molecule has 2 heterocycles. The van der Waals surface area contributed by atoms with Crippen LogP contribution in [-0.4, -0.2) is 30.9 Å². The summed E-state index contributed by atoms with van der Waals surface area (Å²) in [5, 5.41) is 3.09. The van der Waals surface area contributed by atoms with E-state index in [1.807, 2.05) is 6.07 Å². The molecule has 0 radical (unpaired) electrons. The van der Waals surface area contributed by atoms with Gasteiger partial charge in [0.2, 0.25) is 0 Å². The summed E-state index contributed by atoms with van der Waals surface area (Å²) in [5.41, 5.74) is 0.734. The number of carbonyl (C=O) groups is 1. The molecule has 0 spiro atoms. The highest BCUT2D eigenvalue weighted by Gasteiger charge is 2.64. The van der Waals surface area contributed by atoms with Gasteiger partial charge in [-0.25, -0.2) is 4.79 Å². The molecule has 2 bridgehead atoms. The van der Waals surface area contributed by atoms with Gasteiger partial charge in [-0.3, -0.25) is 0 Å². The van der Waals surface area contributed by atoms with Gasteiger partial charge in [-0.05, 0) is 44.1 Å². The Morgan fingerprint density at radius 1 is 1.20 bits per heavy atom. The van der Waals surface area contributed by atoms with Gasteiger partial charge in [0.25, 0.3) is 0 Å². The molecule has 1 saturated heterocycles. The van der Waals surface area contributed by atoms with Crippen LogP contribution < -0.4 is 10.1 Å². The molecule has 6 atom stereocenters. The zero-order valence-corrected chi connectivity index (χ0v) is 18.5. The number of alkyl carbamates (subject to hydrolysis) is 1. The molecule has 30 heavy (non-hydrogen) atoms. The van der Waals surface area contributed by atoms with Crippen LogP contribution in [0.3, 0.4) is 0 Å². The molecule has 0 aromatic heterocycles. The molecule has 164 valence electrons. The van der Waals surface area contributed by atoms with Crippen LogP contribution in [0.5, 0.6) is 5.75 Å². The molecule has 1 aromatic carbocycles. The third kappa shape index (κ3) is 3.12. The second kappa shape index (κ2) is 7.44. The molecule has 4 aliphatic rings. The first kappa shape index (κ1) is 20.2. The maximum atomic E-state index is 12.5. The van der Waals surface area contributed by atoms with Crippen LogP contribution in [0.15, 0.2) is 24.3 Å². The van der Waals surface area contributed by atoms with Crippen molar-refractivity contribution in [2.75, 3.05) is 13.2 Å². The van der Waals surface area contributed by atoms with Crippen molar-refractivity contribution in [1.82, 2.24) is 5.32 Å². The van der Waals surface area contributed by atoms with Crippen LogP contribution in [0.25, 0.3) is 0 Å². The lowest BCUT2D eigenvalue weighted by atomic mass is 9.50. The summed E-state index contributed by atoms with van der Waals surface area (Å²) in [4.78, 5) is 12.5. The molecule has 5 nitrogen and oxygen atoms in total. The van der Waals surface area contributed by atoms with E-state index in [1.165, 1.54) is 19.3 Å². The van der Waals surface area contributed by atoms with E-state index in [2.05, 4.69) is 44.3 Å². The molecule has 2 saturated carbocycles. The van der Waals surface area contributed by atoms with Gasteiger partial charge in [-0.1, -0.05) is 51.3 Å². The first-order valence-electron chi connectivity index (χ1n) is 11.8. The number of hydrogen-bond acceptors (Lipinski definition) is 4. The van der Waals surface area contributed by atoms with Crippen LogP contribution in [0.2, 0.25) is 0 Å². The Hall–Kier alpha value is -1.75. The molecule has 2 aliphatic carbocycles. The fourth-order valence-electron chi connectivity index (χ4n) is 6.91. The molecular formula is C25H35NO4. The molecule has 2 aliphatic heterocycles. The van der Waals surface area contributed by atoms with Gasteiger partial charge in [0.15, 0.2) is 0 Å². The van der Waals surface area contributed by atoms with Crippen LogP contribution >= 0.6 is 0 Å². The topological polar surface area (TPSA) is 56.8 Å². The third-order valence-electron chi connectivity index (χ3n) is 8.67. The van der Waals surface area contributed by atoms with Gasteiger partial charge in [0.1, 0.15) is 18.0 Å². The third-order valence-corrected chi connectivity index (χ3v) is 8.67. The number of amides is 1. The minimum Gasteiger partial charge on any atom is -0.487 e. The molecule has 1 N–H and O–H groups in total. The van der Waals surface area contributed by atoms with E-state index in [9.17, 15) is 4.79 Å². The van der Waals surface area contributed by atoms with E-state index in [-0.39, 0.29) is 35.2 Å². The van der Waals surface area contributed by atoms with E-state index >= 15 is 0 Å². The van der Waals surface area contributed by atoms with Crippen molar-refractivity contribution >= 4 is 6.09 Å². The standard InChI is InChI=1S/C25H35NO4/c1-16-13-24(3)21-17(2)25(16,15-29-23(27)26-18-9-5-4-6-10-18)14-28-22(21)19-11-7-8-12-20(19)30-24/h7-8,11-12,16-18,21-22H,4-6,9-10,13-15H2,1-3H3,(H,26,27)/t16-,17+,21+,22-,24-,25+/m1/s1. The average molecular weight is 414 g/mol. The molecule has 5 rings (SSSR count). The summed E-state index contributed by atoms with van der Waals surface area (Å²) in [6.07, 6.45) is 6.52. The molecular weight excluding hydrogens is 378 g/mol. The van der Waals surface area contributed by atoms with Crippen molar-refractivity contribution in [3.8, 4) is 5.75 Å². The van der Waals surface area contributed by atoms with Crippen molar-refractivity contribution in [2.45, 2.75) is 77.0 Å². The normalized spacial score (nSPS) is 40.1. The first-order valence-corrected chi connectivity index (χ1v) is 11.8. The lowest BCUT2D eigenvalue weighted by Gasteiger charge is -2.63. The summed E-state index contributed by atoms with van der Waals surface area (Å²) in [6.45, 7) is 7.86. The monoisotopic (exact) mass is 413 g/mol. The van der Waals surface area contributed by atoms with Crippen molar-refractivity contribution in [3.05, 3.63) is 29.8 Å². The lowest BCUT2D eigenvalue weighted by Crippen LogP contribution is -2.66. The SMILES string of the molecule is C[C@@H]1C[C@@]2(C)Oc3ccccc3[C@H]3OC[C@@]1(COC(=O)NC1CCCCC1)[C@@H](C)[C@@H]32. The number of hydrogen-bond donors (Lipinski definition) is 1. The highest BCUT2D eigenvalue weighted by atomic mass is 16.6. The highest BCUT2D eigenvalue weighted by Crippen LogP contribution is 2.63. The maximum Gasteiger partial charge on any atom is 0.407 e. The summed E-state index contributed by atoms with van der Waals surface area (Å²) >= 11 is 0. The number of carbonyl (C=O) groups excluding carboxylic acids is 1. The van der Waals surface area contributed by atoms with Crippen molar-refractivity contribution in [2.24, 2.45) is 23.2 Å². The molecule has 3 fully saturated rings. The largest absolute Gasteiger partial charge is 0.487 e. The fraction of sp³-hybridized carbons (Fsp3) is 0.720. The van der Waals surface area contributed by atoms with E-state index in [0.29, 0.717) is 25.0 Å². The molecule has 0 unspecified atom stereocenters. The van der Waals surface area contributed by atoms with Gasteiger partial charge in [0.05, 0.1) is 12.7 Å². The Morgan fingerprint density at radius 3 is 2.77 bits per heavy atom.